The van der Waals surface area contributed by atoms with Crippen LogP contribution in [-0.2, 0) is 11.3 Å². The van der Waals surface area contributed by atoms with Crippen molar-refractivity contribution in [1.82, 2.24) is 4.98 Å². The maximum Gasteiger partial charge on any atom is 0.414 e. The van der Waals surface area contributed by atoms with Crippen LogP contribution in [0, 0.1) is 0 Å². The Bertz CT molecular complexity index is 1020. The maximum absolute atomic E-state index is 12.9. The average molecular weight is 413 g/mol. The molecule has 152 valence electrons. The molecule has 0 saturated heterocycles. The smallest absolute Gasteiger partial charge is 0.414 e. The minimum atomic E-state index is -0.568. The number of fused-ring (bicyclic) bond motifs is 3. The lowest BCUT2D eigenvalue weighted by atomic mass is 9.99. The SMILES string of the molecule is CC(C)(C)OC(=O)N1C[C@@H](CCl)c2c1cc(OCc1ccccc1)c1[nH]ccc21. The maximum atomic E-state index is 12.9. The van der Waals surface area contributed by atoms with Crippen LogP contribution in [0.5, 0.6) is 5.75 Å². The number of alkyl halides is 1. The normalized spacial score (nSPS) is 16.1. The van der Waals surface area contributed by atoms with E-state index in [9.17, 15) is 4.79 Å². The summed E-state index contributed by atoms with van der Waals surface area (Å²) in [6.07, 6.45) is 1.53. The molecule has 0 spiro atoms. The molecule has 2 aromatic carbocycles. The van der Waals surface area contributed by atoms with E-state index in [0.29, 0.717) is 24.8 Å². The van der Waals surface area contributed by atoms with Crippen molar-refractivity contribution in [3.63, 3.8) is 0 Å². The molecule has 29 heavy (non-hydrogen) atoms. The summed E-state index contributed by atoms with van der Waals surface area (Å²) >= 11 is 6.27. The molecule has 1 atom stereocenters. The number of anilines is 1. The number of H-pyrrole nitrogens is 1. The molecule has 0 unspecified atom stereocenters. The number of amides is 1. The highest BCUT2D eigenvalue weighted by molar-refractivity contribution is 6.19. The number of carbonyl (C=O) groups is 1. The van der Waals surface area contributed by atoms with E-state index >= 15 is 0 Å². The molecule has 2 heterocycles. The topological polar surface area (TPSA) is 54.6 Å². The highest BCUT2D eigenvalue weighted by Gasteiger charge is 2.37. The number of nitrogens with zero attached hydrogens (tertiary/aromatic N) is 1. The van der Waals surface area contributed by atoms with Crippen molar-refractivity contribution < 1.29 is 14.3 Å². The predicted octanol–water partition coefficient (Wildman–Crippen LogP) is 5.82. The van der Waals surface area contributed by atoms with Crippen LogP contribution in [0.3, 0.4) is 0 Å². The van der Waals surface area contributed by atoms with Gasteiger partial charge in [0.2, 0.25) is 0 Å². The molecule has 1 N–H and O–H groups in total. The largest absolute Gasteiger partial charge is 0.487 e. The lowest BCUT2D eigenvalue weighted by Crippen LogP contribution is -2.36. The molecule has 0 aliphatic carbocycles. The molecular weight excluding hydrogens is 388 g/mol. The highest BCUT2D eigenvalue weighted by Crippen LogP contribution is 2.45. The molecule has 0 saturated carbocycles. The number of benzene rings is 2. The van der Waals surface area contributed by atoms with Crippen molar-refractivity contribution in [2.24, 2.45) is 0 Å². The summed E-state index contributed by atoms with van der Waals surface area (Å²) in [5, 5.41) is 1.03. The first-order chi connectivity index (χ1) is 13.9. The molecule has 0 fully saturated rings. The van der Waals surface area contributed by atoms with E-state index in [-0.39, 0.29) is 12.0 Å². The average Bonchev–Trinajstić information content (AvgIpc) is 3.30. The Morgan fingerprint density at radius 1 is 1.24 bits per heavy atom. The van der Waals surface area contributed by atoms with Crippen molar-refractivity contribution in [3.8, 4) is 5.75 Å². The van der Waals surface area contributed by atoms with Crippen LogP contribution in [0.4, 0.5) is 10.5 Å². The van der Waals surface area contributed by atoms with Crippen molar-refractivity contribution >= 4 is 34.3 Å². The van der Waals surface area contributed by atoms with E-state index in [2.05, 4.69) is 4.98 Å². The third-order valence-electron chi connectivity index (χ3n) is 4.97. The zero-order valence-electron chi connectivity index (χ0n) is 16.9. The second-order valence-electron chi connectivity index (χ2n) is 8.29. The Balaban J connectivity index is 1.73. The summed E-state index contributed by atoms with van der Waals surface area (Å²) in [4.78, 5) is 17.8. The summed E-state index contributed by atoms with van der Waals surface area (Å²) in [5.41, 5.74) is 3.30. The van der Waals surface area contributed by atoms with Gasteiger partial charge in [-0.1, -0.05) is 30.3 Å². The van der Waals surface area contributed by atoms with Crippen molar-refractivity contribution in [2.45, 2.75) is 38.9 Å². The van der Waals surface area contributed by atoms with Gasteiger partial charge < -0.3 is 14.5 Å². The number of rotatable bonds is 4. The molecule has 1 aromatic heterocycles. The van der Waals surface area contributed by atoms with E-state index in [0.717, 1.165) is 27.7 Å². The van der Waals surface area contributed by atoms with E-state index in [1.807, 2.05) is 69.4 Å². The van der Waals surface area contributed by atoms with Crippen LogP contribution in [0.2, 0.25) is 0 Å². The summed E-state index contributed by atoms with van der Waals surface area (Å²) in [6.45, 7) is 6.54. The van der Waals surface area contributed by atoms with Gasteiger partial charge in [0.05, 0.1) is 11.2 Å². The first-order valence-corrected chi connectivity index (χ1v) is 10.3. The Labute approximate surface area is 175 Å². The zero-order chi connectivity index (χ0) is 20.6. The lowest BCUT2D eigenvalue weighted by molar-refractivity contribution is 0.0582. The fourth-order valence-corrected chi connectivity index (χ4v) is 3.99. The van der Waals surface area contributed by atoms with Gasteiger partial charge in [0.25, 0.3) is 0 Å². The van der Waals surface area contributed by atoms with Gasteiger partial charge in [-0.3, -0.25) is 4.90 Å². The van der Waals surface area contributed by atoms with E-state index in [4.69, 9.17) is 21.1 Å². The molecule has 4 rings (SSSR count). The van der Waals surface area contributed by atoms with Gasteiger partial charge >= 0.3 is 6.09 Å². The van der Waals surface area contributed by atoms with Crippen LogP contribution >= 0.6 is 11.6 Å². The quantitative estimate of drug-likeness (QED) is 0.549. The van der Waals surface area contributed by atoms with Gasteiger partial charge in [-0.25, -0.2) is 4.79 Å². The summed E-state index contributed by atoms with van der Waals surface area (Å²) in [7, 11) is 0. The molecule has 1 aliphatic rings. The first-order valence-electron chi connectivity index (χ1n) is 9.74. The van der Waals surface area contributed by atoms with Crippen LogP contribution < -0.4 is 9.64 Å². The van der Waals surface area contributed by atoms with Gasteiger partial charge in [-0.05, 0) is 38.0 Å². The number of hydrogen-bond acceptors (Lipinski definition) is 3. The number of halogens is 1. The standard InChI is InChI=1S/C23H25ClN2O3/c1-23(2,3)29-22(27)26-13-16(12-24)20-17-9-10-25-21(17)19(11-18(20)26)28-14-15-7-5-4-6-8-15/h4-11,16,25H,12-14H2,1-3H3/t16-/m1/s1. The third kappa shape index (κ3) is 3.92. The Morgan fingerprint density at radius 3 is 2.69 bits per heavy atom. The molecule has 0 bridgehead atoms. The Morgan fingerprint density at radius 2 is 2.00 bits per heavy atom. The molecule has 1 aliphatic heterocycles. The Kier molecular flexibility index (Phi) is 5.17. The third-order valence-corrected chi connectivity index (χ3v) is 5.34. The van der Waals surface area contributed by atoms with Gasteiger partial charge in [0.15, 0.2) is 0 Å². The summed E-state index contributed by atoms with van der Waals surface area (Å²) < 4.78 is 11.8. The second kappa shape index (κ2) is 7.64. The van der Waals surface area contributed by atoms with Crippen molar-refractivity contribution in [2.75, 3.05) is 17.3 Å². The Hall–Kier alpha value is -2.66. The van der Waals surface area contributed by atoms with Crippen molar-refractivity contribution in [3.05, 3.63) is 59.8 Å². The fraction of sp³-hybridized carbons (Fsp3) is 0.348. The van der Waals surface area contributed by atoms with Gasteiger partial charge in [0.1, 0.15) is 18.0 Å². The van der Waals surface area contributed by atoms with Crippen LogP contribution in [-0.4, -0.2) is 29.1 Å². The van der Waals surface area contributed by atoms with Crippen LogP contribution in [0.25, 0.3) is 10.9 Å². The van der Waals surface area contributed by atoms with Gasteiger partial charge in [-0.15, -0.1) is 11.6 Å². The monoisotopic (exact) mass is 412 g/mol. The summed E-state index contributed by atoms with van der Waals surface area (Å²) in [5.74, 6) is 1.17. The predicted molar refractivity (Wildman–Crippen MR) is 116 cm³/mol. The number of aromatic nitrogens is 1. The lowest BCUT2D eigenvalue weighted by Gasteiger charge is -2.25. The minimum Gasteiger partial charge on any atom is -0.487 e. The van der Waals surface area contributed by atoms with E-state index in [1.165, 1.54) is 0 Å². The van der Waals surface area contributed by atoms with Crippen LogP contribution in [0.1, 0.15) is 37.8 Å². The van der Waals surface area contributed by atoms with Crippen LogP contribution in [0.15, 0.2) is 48.7 Å². The molecular formula is C23H25ClN2O3. The number of ether oxygens (including phenoxy) is 2. The number of aromatic amines is 1. The minimum absolute atomic E-state index is 0.0423. The van der Waals surface area contributed by atoms with Gasteiger partial charge in [0, 0.05) is 36.0 Å². The number of hydrogen-bond donors (Lipinski definition) is 1. The molecule has 0 radical (unpaired) electrons. The zero-order valence-corrected chi connectivity index (χ0v) is 17.6. The second-order valence-corrected chi connectivity index (χ2v) is 8.60. The first kappa shape index (κ1) is 19.6. The molecule has 6 heteroatoms. The van der Waals surface area contributed by atoms with E-state index < -0.39 is 5.60 Å². The molecule has 5 nitrogen and oxygen atoms in total. The van der Waals surface area contributed by atoms with Crippen molar-refractivity contribution in [1.29, 1.82) is 0 Å². The molecule has 3 aromatic rings. The van der Waals surface area contributed by atoms with E-state index in [1.54, 1.807) is 4.90 Å². The highest BCUT2D eigenvalue weighted by atomic mass is 35.5. The molecule has 1 amide bonds. The summed E-state index contributed by atoms with van der Waals surface area (Å²) in [6, 6.07) is 13.9. The number of carbonyl (C=O) groups excluding carboxylic acids is 1. The fourth-order valence-electron chi connectivity index (χ4n) is 3.74. The van der Waals surface area contributed by atoms with Gasteiger partial charge in [-0.2, -0.15) is 0 Å². The number of nitrogens with one attached hydrogen (secondary N) is 1.